The molecule has 3 rings (SSSR count). The molecule has 0 aliphatic heterocycles. The molecule has 0 spiro atoms. The zero-order chi connectivity index (χ0) is 16.6. The van der Waals surface area contributed by atoms with Crippen LogP contribution in [0.1, 0.15) is 15.9 Å². The summed E-state index contributed by atoms with van der Waals surface area (Å²) < 4.78 is 51.1. The van der Waals surface area contributed by atoms with Crippen LogP contribution in [0.15, 0.2) is 42.5 Å². The average Bonchev–Trinajstić information content (AvgIpc) is 2.87. The van der Waals surface area contributed by atoms with Crippen molar-refractivity contribution in [1.82, 2.24) is 4.98 Å². The summed E-state index contributed by atoms with van der Waals surface area (Å²) in [5, 5.41) is 2.74. The van der Waals surface area contributed by atoms with E-state index in [9.17, 15) is 22.4 Å². The number of halogens is 4. The number of carbonyl (C=O) groups is 1. The largest absolute Gasteiger partial charge is 0.416 e. The summed E-state index contributed by atoms with van der Waals surface area (Å²) in [6.07, 6.45) is -4.45. The second-order valence-corrected chi connectivity index (χ2v) is 5.69. The van der Waals surface area contributed by atoms with Gasteiger partial charge in [-0.25, -0.2) is 9.37 Å². The van der Waals surface area contributed by atoms with Crippen molar-refractivity contribution in [3.05, 3.63) is 59.4 Å². The number of fused-ring (bicyclic) bond motifs is 1. The number of aromatic nitrogens is 1. The summed E-state index contributed by atoms with van der Waals surface area (Å²) >= 11 is 1.08. The molecule has 0 unspecified atom stereocenters. The van der Waals surface area contributed by atoms with Crippen molar-refractivity contribution in [3.63, 3.8) is 0 Å². The van der Waals surface area contributed by atoms with E-state index in [-0.39, 0.29) is 10.7 Å². The molecule has 3 nitrogen and oxygen atoms in total. The van der Waals surface area contributed by atoms with Crippen LogP contribution in [0.5, 0.6) is 0 Å². The lowest BCUT2D eigenvalue weighted by atomic mass is 10.1. The maximum atomic E-state index is 13.1. The molecule has 118 valence electrons. The Balaban J connectivity index is 1.80. The van der Waals surface area contributed by atoms with Gasteiger partial charge in [-0.1, -0.05) is 11.3 Å². The lowest BCUT2D eigenvalue weighted by molar-refractivity contribution is -0.137. The van der Waals surface area contributed by atoms with Gasteiger partial charge in [-0.3, -0.25) is 10.1 Å². The first-order valence-corrected chi connectivity index (χ1v) is 7.19. The molecule has 0 saturated carbocycles. The number of nitrogens with one attached hydrogen (secondary N) is 1. The predicted molar refractivity (Wildman–Crippen MR) is 79.0 cm³/mol. The molecule has 0 saturated heterocycles. The number of carbonyl (C=O) groups excluding carboxylic acids is 1. The van der Waals surface area contributed by atoms with E-state index in [0.29, 0.717) is 10.2 Å². The summed E-state index contributed by atoms with van der Waals surface area (Å²) in [6.45, 7) is 0. The number of amides is 1. The van der Waals surface area contributed by atoms with Crippen LogP contribution in [0.4, 0.5) is 22.7 Å². The number of hydrogen-bond donors (Lipinski definition) is 1. The van der Waals surface area contributed by atoms with Gasteiger partial charge in [-0.2, -0.15) is 13.2 Å². The SMILES string of the molecule is O=C(Nc1nc2ccc(F)cc2s1)c1ccc(C(F)(F)F)cc1. The van der Waals surface area contributed by atoms with E-state index in [1.165, 1.54) is 18.2 Å². The highest BCUT2D eigenvalue weighted by Gasteiger charge is 2.30. The van der Waals surface area contributed by atoms with Crippen molar-refractivity contribution >= 4 is 32.6 Å². The number of benzene rings is 2. The van der Waals surface area contributed by atoms with E-state index in [1.807, 2.05) is 0 Å². The summed E-state index contributed by atoms with van der Waals surface area (Å²) in [4.78, 5) is 16.1. The Labute approximate surface area is 131 Å². The standard InChI is InChI=1S/C15H8F4N2OS/c16-10-5-6-11-12(7-10)23-14(20-11)21-13(22)8-1-3-9(4-2-8)15(17,18)19/h1-7H,(H,20,21,22). The highest BCUT2D eigenvalue weighted by molar-refractivity contribution is 7.22. The monoisotopic (exact) mass is 340 g/mol. The molecular formula is C15H8F4N2OS. The van der Waals surface area contributed by atoms with Crippen LogP contribution in [0.3, 0.4) is 0 Å². The third-order valence-electron chi connectivity index (χ3n) is 3.05. The number of anilines is 1. The second-order valence-electron chi connectivity index (χ2n) is 4.66. The molecule has 1 aromatic heterocycles. The van der Waals surface area contributed by atoms with Gasteiger partial charge >= 0.3 is 6.18 Å². The highest BCUT2D eigenvalue weighted by atomic mass is 32.1. The number of hydrogen-bond acceptors (Lipinski definition) is 3. The molecule has 1 N–H and O–H groups in total. The van der Waals surface area contributed by atoms with Crippen molar-refractivity contribution in [1.29, 1.82) is 0 Å². The van der Waals surface area contributed by atoms with Crippen LogP contribution < -0.4 is 5.32 Å². The van der Waals surface area contributed by atoms with Crippen LogP contribution in [0.25, 0.3) is 10.2 Å². The number of thiazole rings is 1. The Bertz CT molecular complexity index is 871. The van der Waals surface area contributed by atoms with Gasteiger partial charge in [0.1, 0.15) is 5.82 Å². The van der Waals surface area contributed by atoms with E-state index in [2.05, 4.69) is 10.3 Å². The molecule has 0 fully saturated rings. The van der Waals surface area contributed by atoms with E-state index in [4.69, 9.17) is 0 Å². The van der Waals surface area contributed by atoms with Gasteiger partial charge in [0.25, 0.3) is 5.91 Å². The van der Waals surface area contributed by atoms with Crippen LogP contribution in [-0.4, -0.2) is 10.9 Å². The number of nitrogens with zero attached hydrogens (tertiary/aromatic N) is 1. The van der Waals surface area contributed by atoms with Gasteiger partial charge in [-0.05, 0) is 42.5 Å². The quantitative estimate of drug-likeness (QED) is 0.687. The van der Waals surface area contributed by atoms with Gasteiger partial charge in [-0.15, -0.1) is 0 Å². The van der Waals surface area contributed by atoms with Crippen LogP contribution in [0.2, 0.25) is 0 Å². The first kappa shape index (κ1) is 15.4. The Morgan fingerprint density at radius 1 is 1.09 bits per heavy atom. The molecular weight excluding hydrogens is 332 g/mol. The minimum absolute atomic E-state index is 0.0726. The Kier molecular flexibility index (Phi) is 3.77. The maximum absolute atomic E-state index is 13.1. The molecule has 3 aromatic rings. The molecule has 2 aromatic carbocycles. The predicted octanol–water partition coefficient (Wildman–Crippen LogP) is 4.71. The fourth-order valence-corrected chi connectivity index (χ4v) is 2.82. The fourth-order valence-electron chi connectivity index (χ4n) is 1.93. The lowest BCUT2D eigenvalue weighted by Gasteiger charge is -2.07. The fraction of sp³-hybridized carbons (Fsp3) is 0.0667. The minimum Gasteiger partial charge on any atom is -0.298 e. The van der Waals surface area contributed by atoms with E-state index >= 15 is 0 Å². The van der Waals surface area contributed by atoms with Gasteiger partial charge in [0, 0.05) is 5.56 Å². The van der Waals surface area contributed by atoms with E-state index < -0.39 is 23.5 Å². The molecule has 0 radical (unpaired) electrons. The van der Waals surface area contributed by atoms with Crippen molar-refractivity contribution in [3.8, 4) is 0 Å². The van der Waals surface area contributed by atoms with Gasteiger partial charge in [0.15, 0.2) is 5.13 Å². The Morgan fingerprint density at radius 2 is 1.78 bits per heavy atom. The topological polar surface area (TPSA) is 42.0 Å². The highest BCUT2D eigenvalue weighted by Crippen LogP contribution is 2.30. The molecule has 0 bridgehead atoms. The zero-order valence-corrected chi connectivity index (χ0v) is 12.1. The molecule has 0 aliphatic carbocycles. The summed E-state index contributed by atoms with van der Waals surface area (Å²) in [5.41, 5.74) is -0.230. The van der Waals surface area contributed by atoms with Crippen LogP contribution in [0, 0.1) is 5.82 Å². The summed E-state index contributed by atoms with van der Waals surface area (Å²) in [5.74, 6) is -1.000. The molecule has 0 aliphatic rings. The number of alkyl halides is 3. The normalized spacial score (nSPS) is 11.7. The molecule has 0 atom stereocenters. The Morgan fingerprint density at radius 3 is 2.43 bits per heavy atom. The Hall–Kier alpha value is -2.48. The smallest absolute Gasteiger partial charge is 0.298 e. The minimum atomic E-state index is -4.45. The zero-order valence-electron chi connectivity index (χ0n) is 11.3. The summed E-state index contributed by atoms with van der Waals surface area (Å²) in [7, 11) is 0. The third kappa shape index (κ3) is 3.31. The summed E-state index contributed by atoms with van der Waals surface area (Å²) in [6, 6.07) is 7.88. The van der Waals surface area contributed by atoms with Crippen molar-refractivity contribution in [2.75, 3.05) is 5.32 Å². The lowest BCUT2D eigenvalue weighted by Crippen LogP contribution is -2.12. The van der Waals surface area contributed by atoms with Crippen LogP contribution >= 0.6 is 11.3 Å². The third-order valence-corrected chi connectivity index (χ3v) is 3.98. The van der Waals surface area contributed by atoms with Crippen molar-refractivity contribution < 1.29 is 22.4 Å². The average molecular weight is 340 g/mol. The van der Waals surface area contributed by atoms with Crippen LogP contribution in [-0.2, 0) is 6.18 Å². The van der Waals surface area contributed by atoms with Gasteiger partial charge < -0.3 is 0 Å². The first-order valence-electron chi connectivity index (χ1n) is 6.37. The molecule has 8 heteroatoms. The molecule has 1 amide bonds. The maximum Gasteiger partial charge on any atom is 0.416 e. The molecule has 1 heterocycles. The van der Waals surface area contributed by atoms with Gasteiger partial charge in [0.05, 0.1) is 15.8 Å². The van der Waals surface area contributed by atoms with Crippen molar-refractivity contribution in [2.45, 2.75) is 6.18 Å². The second kappa shape index (κ2) is 5.62. The van der Waals surface area contributed by atoms with E-state index in [1.54, 1.807) is 0 Å². The molecule has 23 heavy (non-hydrogen) atoms. The number of rotatable bonds is 2. The van der Waals surface area contributed by atoms with Gasteiger partial charge in [0.2, 0.25) is 0 Å². The van der Waals surface area contributed by atoms with Crippen molar-refractivity contribution in [2.24, 2.45) is 0 Å². The first-order chi connectivity index (χ1) is 10.8. The van der Waals surface area contributed by atoms with E-state index in [0.717, 1.165) is 35.6 Å².